The summed E-state index contributed by atoms with van der Waals surface area (Å²) in [5.41, 5.74) is 10.0. The summed E-state index contributed by atoms with van der Waals surface area (Å²) in [6.45, 7) is 4.29. The SMILES string of the molecule is Cc1cc(C(N)Cc2ccnc3ccccc23)sc1C. The molecule has 3 rings (SSSR count). The third-order valence-electron chi connectivity index (χ3n) is 3.73. The lowest BCUT2D eigenvalue weighted by atomic mass is 10.0. The van der Waals surface area contributed by atoms with Crippen molar-refractivity contribution in [2.24, 2.45) is 5.73 Å². The molecule has 2 heterocycles. The monoisotopic (exact) mass is 282 g/mol. The van der Waals surface area contributed by atoms with Gasteiger partial charge in [0.2, 0.25) is 0 Å². The summed E-state index contributed by atoms with van der Waals surface area (Å²) in [5.74, 6) is 0. The molecule has 1 atom stereocenters. The highest BCUT2D eigenvalue weighted by atomic mass is 32.1. The van der Waals surface area contributed by atoms with Crippen molar-refractivity contribution in [2.45, 2.75) is 26.3 Å². The molecule has 0 aliphatic rings. The van der Waals surface area contributed by atoms with E-state index < -0.39 is 0 Å². The number of benzene rings is 1. The van der Waals surface area contributed by atoms with Crippen molar-refractivity contribution in [3.63, 3.8) is 0 Å². The van der Waals surface area contributed by atoms with E-state index in [0.29, 0.717) is 0 Å². The van der Waals surface area contributed by atoms with Crippen LogP contribution in [0.5, 0.6) is 0 Å². The Morgan fingerprint density at radius 1 is 1.20 bits per heavy atom. The van der Waals surface area contributed by atoms with Crippen LogP contribution in [-0.2, 0) is 6.42 Å². The van der Waals surface area contributed by atoms with Gasteiger partial charge in [0.05, 0.1) is 5.52 Å². The van der Waals surface area contributed by atoms with Crippen LogP contribution < -0.4 is 5.73 Å². The quantitative estimate of drug-likeness (QED) is 0.783. The van der Waals surface area contributed by atoms with Gasteiger partial charge in [-0.3, -0.25) is 4.98 Å². The van der Waals surface area contributed by atoms with Gasteiger partial charge in [-0.1, -0.05) is 18.2 Å². The van der Waals surface area contributed by atoms with Crippen LogP contribution >= 0.6 is 11.3 Å². The number of fused-ring (bicyclic) bond motifs is 1. The molecule has 0 radical (unpaired) electrons. The lowest BCUT2D eigenvalue weighted by Crippen LogP contribution is -2.12. The van der Waals surface area contributed by atoms with Crippen molar-refractivity contribution in [1.82, 2.24) is 4.98 Å². The average Bonchev–Trinajstić information content (AvgIpc) is 2.79. The van der Waals surface area contributed by atoms with Gasteiger partial charge in [0.1, 0.15) is 0 Å². The molecule has 3 heteroatoms. The summed E-state index contributed by atoms with van der Waals surface area (Å²) in [4.78, 5) is 7.02. The Bertz CT molecular complexity index is 721. The molecule has 0 aliphatic carbocycles. The van der Waals surface area contributed by atoms with Gasteiger partial charge >= 0.3 is 0 Å². The van der Waals surface area contributed by atoms with E-state index in [2.05, 4.69) is 43.1 Å². The predicted molar refractivity (Wildman–Crippen MR) is 86.2 cm³/mol. The first-order valence-corrected chi connectivity index (χ1v) is 7.62. The number of hydrogen-bond acceptors (Lipinski definition) is 3. The van der Waals surface area contributed by atoms with Gasteiger partial charge in [-0.25, -0.2) is 0 Å². The Labute approximate surface area is 123 Å². The second-order valence-corrected chi connectivity index (χ2v) is 6.47. The van der Waals surface area contributed by atoms with Crippen LogP contribution in [0.15, 0.2) is 42.6 Å². The van der Waals surface area contributed by atoms with E-state index in [0.717, 1.165) is 11.9 Å². The molecule has 2 nitrogen and oxygen atoms in total. The van der Waals surface area contributed by atoms with Gasteiger partial charge in [0, 0.05) is 27.4 Å². The highest BCUT2D eigenvalue weighted by Crippen LogP contribution is 2.28. The molecule has 2 aromatic heterocycles. The molecule has 102 valence electrons. The minimum atomic E-state index is 0.0539. The van der Waals surface area contributed by atoms with E-state index in [1.54, 1.807) is 11.3 Å². The Kier molecular flexibility index (Phi) is 3.55. The zero-order valence-corrected chi connectivity index (χ0v) is 12.6. The lowest BCUT2D eigenvalue weighted by Gasteiger charge is -2.11. The molecule has 1 unspecified atom stereocenters. The van der Waals surface area contributed by atoms with Crippen LogP contribution in [0.2, 0.25) is 0 Å². The molecule has 0 bridgehead atoms. The van der Waals surface area contributed by atoms with E-state index in [1.807, 2.05) is 18.3 Å². The lowest BCUT2D eigenvalue weighted by molar-refractivity contribution is 0.739. The van der Waals surface area contributed by atoms with E-state index in [-0.39, 0.29) is 6.04 Å². The fourth-order valence-electron chi connectivity index (χ4n) is 2.46. The summed E-state index contributed by atoms with van der Waals surface area (Å²) >= 11 is 1.81. The molecule has 0 amide bonds. The standard InChI is InChI=1S/C17H18N2S/c1-11-9-17(20-12(11)2)15(18)10-13-7-8-19-16-6-4-3-5-14(13)16/h3-9,15H,10,18H2,1-2H3. The van der Waals surface area contributed by atoms with Crippen molar-refractivity contribution in [1.29, 1.82) is 0 Å². The molecule has 2 N–H and O–H groups in total. The summed E-state index contributed by atoms with van der Waals surface area (Å²) in [5, 5.41) is 1.20. The summed E-state index contributed by atoms with van der Waals surface area (Å²) < 4.78 is 0. The molecule has 3 aromatic rings. The molecule has 0 spiro atoms. The Hall–Kier alpha value is -1.71. The zero-order chi connectivity index (χ0) is 14.1. The number of para-hydroxylation sites is 1. The number of aryl methyl sites for hydroxylation is 2. The third-order valence-corrected chi connectivity index (χ3v) is 5.01. The van der Waals surface area contributed by atoms with Crippen LogP contribution in [-0.4, -0.2) is 4.98 Å². The van der Waals surface area contributed by atoms with Crippen LogP contribution in [0.4, 0.5) is 0 Å². The molecule has 1 aromatic carbocycles. The van der Waals surface area contributed by atoms with Gasteiger partial charge in [0.15, 0.2) is 0 Å². The van der Waals surface area contributed by atoms with Gasteiger partial charge in [-0.2, -0.15) is 0 Å². The maximum atomic E-state index is 6.39. The number of nitrogens with two attached hydrogens (primary N) is 1. The topological polar surface area (TPSA) is 38.9 Å². The summed E-state index contributed by atoms with van der Waals surface area (Å²) in [6, 6.07) is 12.6. The van der Waals surface area contributed by atoms with Gasteiger partial charge in [-0.15, -0.1) is 11.3 Å². The largest absolute Gasteiger partial charge is 0.323 e. The average molecular weight is 282 g/mol. The fourth-order valence-corrected chi connectivity index (χ4v) is 3.50. The first-order valence-electron chi connectivity index (χ1n) is 6.80. The molecule has 0 saturated heterocycles. The second-order valence-electron chi connectivity index (χ2n) is 5.19. The van der Waals surface area contributed by atoms with Crippen molar-refractivity contribution in [2.75, 3.05) is 0 Å². The number of rotatable bonds is 3. The second kappa shape index (κ2) is 5.35. The van der Waals surface area contributed by atoms with Crippen molar-refractivity contribution >= 4 is 22.2 Å². The van der Waals surface area contributed by atoms with Crippen LogP contribution in [0, 0.1) is 13.8 Å². The Morgan fingerprint density at radius 2 is 2.00 bits per heavy atom. The molecular weight excluding hydrogens is 264 g/mol. The van der Waals surface area contributed by atoms with Crippen molar-refractivity contribution in [3.05, 3.63) is 63.5 Å². The number of pyridine rings is 1. The van der Waals surface area contributed by atoms with Crippen molar-refractivity contribution < 1.29 is 0 Å². The van der Waals surface area contributed by atoms with Crippen LogP contribution in [0.3, 0.4) is 0 Å². The maximum Gasteiger partial charge on any atom is 0.0704 e. The number of nitrogens with zero attached hydrogens (tertiary/aromatic N) is 1. The van der Waals surface area contributed by atoms with E-state index in [1.165, 1.54) is 26.3 Å². The summed E-state index contributed by atoms with van der Waals surface area (Å²) in [7, 11) is 0. The van der Waals surface area contributed by atoms with Crippen molar-refractivity contribution in [3.8, 4) is 0 Å². The minimum Gasteiger partial charge on any atom is -0.323 e. The number of hydrogen-bond donors (Lipinski definition) is 1. The number of thiophene rings is 1. The van der Waals surface area contributed by atoms with Crippen LogP contribution in [0.1, 0.15) is 26.9 Å². The number of aromatic nitrogens is 1. The maximum absolute atomic E-state index is 6.39. The first kappa shape index (κ1) is 13.3. The van der Waals surface area contributed by atoms with E-state index in [9.17, 15) is 0 Å². The van der Waals surface area contributed by atoms with Gasteiger partial charge in [-0.05, 0) is 49.6 Å². The zero-order valence-electron chi connectivity index (χ0n) is 11.8. The van der Waals surface area contributed by atoms with E-state index in [4.69, 9.17) is 5.73 Å². The molecule has 0 fully saturated rings. The van der Waals surface area contributed by atoms with E-state index >= 15 is 0 Å². The Morgan fingerprint density at radius 3 is 2.75 bits per heavy atom. The van der Waals surface area contributed by atoms with Crippen LogP contribution in [0.25, 0.3) is 10.9 Å². The first-order chi connectivity index (χ1) is 9.65. The normalized spacial score (nSPS) is 12.8. The molecule has 0 saturated carbocycles. The molecular formula is C17H18N2S. The predicted octanol–water partition coefficient (Wildman–Crippen LogP) is 4.16. The molecule has 20 heavy (non-hydrogen) atoms. The summed E-state index contributed by atoms with van der Waals surface area (Å²) in [6.07, 6.45) is 2.72. The molecule has 0 aliphatic heterocycles. The third kappa shape index (κ3) is 2.47. The van der Waals surface area contributed by atoms with Gasteiger partial charge < -0.3 is 5.73 Å². The van der Waals surface area contributed by atoms with Gasteiger partial charge in [0.25, 0.3) is 0 Å². The highest BCUT2D eigenvalue weighted by Gasteiger charge is 2.12. The minimum absolute atomic E-state index is 0.0539. The highest BCUT2D eigenvalue weighted by molar-refractivity contribution is 7.12. The fraction of sp³-hybridized carbons (Fsp3) is 0.235. The Balaban J connectivity index is 1.93. The smallest absolute Gasteiger partial charge is 0.0704 e.